The molecule has 3 rings (SSSR count). The Hall–Kier alpha value is -4.04. The van der Waals surface area contributed by atoms with Gasteiger partial charge in [0, 0.05) is 30.5 Å². The number of benzene rings is 1. The standard InChI is InChI=1S/C26H27N3O7S/c1-4-35-25(31)23-16(3)24(26(32)36-5-2)37-22(23)14-21(30)18(15-27)12-17-8-9-19(20(13-17)29(33)34)28-10-6-7-11-28/h8-9,12-13H,4-7,10-11,14H2,1-3H3/b18-12-. The smallest absolute Gasteiger partial charge is 0.348 e. The summed E-state index contributed by atoms with van der Waals surface area (Å²) < 4.78 is 10.2. The Morgan fingerprint density at radius 1 is 1.16 bits per heavy atom. The largest absolute Gasteiger partial charge is 0.462 e. The van der Waals surface area contributed by atoms with Crippen molar-refractivity contribution >= 4 is 46.5 Å². The van der Waals surface area contributed by atoms with Crippen molar-refractivity contribution in [3.8, 4) is 6.07 Å². The second-order valence-electron chi connectivity index (χ2n) is 8.26. The highest BCUT2D eigenvalue weighted by molar-refractivity contribution is 7.14. The number of allylic oxidation sites excluding steroid dienone is 1. The first kappa shape index (κ1) is 27.5. The average molecular weight is 526 g/mol. The number of nitro groups is 1. The number of nitrogens with zero attached hydrogens (tertiary/aromatic N) is 3. The SMILES string of the molecule is CCOC(=O)c1sc(CC(=O)/C(C#N)=C\c2ccc(N3CCCC3)c([N+](=O)[O-])c2)c(C(=O)OCC)c1C. The lowest BCUT2D eigenvalue weighted by molar-refractivity contribution is -0.384. The van der Waals surface area contributed by atoms with E-state index in [1.807, 2.05) is 11.0 Å². The zero-order valence-electron chi connectivity index (χ0n) is 20.9. The number of carbonyl (C=O) groups is 3. The Kier molecular flexibility index (Phi) is 9.14. The molecule has 0 unspecified atom stereocenters. The van der Waals surface area contributed by atoms with E-state index in [1.165, 1.54) is 12.1 Å². The van der Waals surface area contributed by atoms with Crippen LogP contribution in [0.3, 0.4) is 0 Å². The quantitative estimate of drug-likeness (QED) is 0.143. The molecule has 0 saturated carbocycles. The summed E-state index contributed by atoms with van der Waals surface area (Å²) in [6, 6.07) is 6.45. The molecule has 2 heterocycles. The van der Waals surface area contributed by atoms with E-state index < -0.39 is 22.6 Å². The average Bonchev–Trinajstić information content (AvgIpc) is 3.51. The van der Waals surface area contributed by atoms with Crippen molar-refractivity contribution in [2.45, 2.75) is 40.0 Å². The van der Waals surface area contributed by atoms with Crippen LogP contribution in [0.25, 0.3) is 6.08 Å². The van der Waals surface area contributed by atoms with Gasteiger partial charge < -0.3 is 14.4 Å². The minimum absolute atomic E-state index is 0.0991. The van der Waals surface area contributed by atoms with Crippen LogP contribution in [0.5, 0.6) is 0 Å². The molecule has 0 radical (unpaired) electrons. The molecule has 0 N–H and O–H groups in total. The van der Waals surface area contributed by atoms with Gasteiger partial charge in [-0.1, -0.05) is 6.07 Å². The summed E-state index contributed by atoms with van der Waals surface area (Å²) in [5.41, 5.74) is 0.954. The van der Waals surface area contributed by atoms with E-state index in [1.54, 1.807) is 32.9 Å². The maximum absolute atomic E-state index is 13.1. The van der Waals surface area contributed by atoms with E-state index in [4.69, 9.17) is 9.47 Å². The summed E-state index contributed by atoms with van der Waals surface area (Å²) in [4.78, 5) is 51.7. The Labute approximate surface area is 218 Å². The summed E-state index contributed by atoms with van der Waals surface area (Å²) in [5.74, 6) is -1.89. The van der Waals surface area contributed by atoms with Gasteiger partial charge in [-0.25, -0.2) is 9.59 Å². The lowest BCUT2D eigenvalue weighted by Crippen LogP contribution is -2.18. The number of carbonyl (C=O) groups excluding carboxylic acids is 3. The van der Waals surface area contributed by atoms with Crippen LogP contribution >= 0.6 is 11.3 Å². The lowest BCUT2D eigenvalue weighted by Gasteiger charge is -2.17. The molecule has 0 bridgehead atoms. The number of esters is 2. The van der Waals surface area contributed by atoms with Crippen LogP contribution in [0.4, 0.5) is 11.4 Å². The predicted molar refractivity (Wildman–Crippen MR) is 138 cm³/mol. The number of nitriles is 1. The summed E-state index contributed by atoms with van der Waals surface area (Å²) in [5, 5.41) is 21.4. The molecular formula is C26H27N3O7S. The number of ketones is 1. The monoisotopic (exact) mass is 525 g/mol. The fourth-order valence-electron chi connectivity index (χ4n) is 4.14. The van der Waals surface area contributed by atoms with Gasteiger partial charge in [0.05, 0.1) is 29.3 Å². The van der Waals surface area contributed by atoms with E-state index in [2.05, 4.69) is 0 Å². The molecular weight excluding hydrogens is 498 g/mol. The van der Waals surface area contributed by atoms with Crippen molar-refractivity contribution in [3.63, 3.8) is 0 Å². The number of nitro benzene ring substituents is 1. The lowest BCUT2D eigenvalue weighted by atomic mass is 10.0. The Morgan fingerprint density at radius 2 is 1.81 bits per heavy atom. The zero-order valence-corrected chi connectivity index (χ0v) is 21.7. The van der Waals surface area contributed by atoms with E-state index in [9.17, 15) is 29.8 Å². The first-order valence-corrected chi connectivity index (χ1v) is 12.7. The van der Waals surface area contributed by atoms with Crippen LogP contribution in [0.2, 0.25) is 0 Å². The molecule has 0 aliphatic carbocycles. The fraction of sp³-hybridized carbons (Fsp3) is 0.385. The molecule has 11 heteroatoms. The van der Waals surface area contributed by atoms with Gasteiger partial charge in [0.2, 0.25) is 0 Å². The van der Waals surface area contributed by atoms with E-state index in [-0.39, 0.29) is 46.2 Å². The zero-order chi connectivity index (χ0) is 27.1. The molecule has 1 fully saturated rings. The number of ether oxygens (including phenoxy) is 2. The Bertz CT molecular complexity index is 1300. The minimum atomic E-state index is -0.676. The highest BCUT2D eigenvalue weighted by Crippen LogP contribution is 2.33. The van der Waals surface area contributed by atoms with Gasteiger partial charge in [-0.15, -0.1) is 11.3 Å². The van der Waals surface area contributed by atoms with Gasteiger partial charge in [-0.3, -0.25) is 14.9 Å². The Balaban J connectivity index is 1.95. The molecule has 0 atom stereocenters. The van der Waals surface area contributed by atoms with Gasteiger partial charge in [0.25, 0.3) is 5.69 Å². The maximum atomic E-state index is 13.1. The van der Waals surface area contributed by atoms with Crippen LogP contribution in [0, 0.1) is 28.4 Å². The van der Waals surface area contributed by atoms with Crippen LogP contribution in [-0.2, 0) is 20.7 Å². The summed E-state index contributed by atoms with van der Waals surface area (Å²) in [6.45, 7) is 6.58. The molecule has 1 aromatic heterocycles. The normalized spacial score (nSPS) is 13.2. The van der Waals surface area contributed by atoms with Gasteiger partial charge in [0.1, 0.15) is 16.6 Å². The van der Waals surface area contributed by atoms with E-state index in [0.29, 0.717) is 16.8 Å². The van der Waals surface area contributed by atoms with Gasteiger partial charge >= 0.3 is 11.9 Å². The molecule has 10 nitrogen and oxygen atoms in total. The fourth-order valence-corrected chi connectivity index (χ4v) is 5.33. The first-order valence-electron chi connectivity index (χ1n) is 11.9. The van der Waals surface area contributed by atoms with Crippen molar-refractivity contribution in [3.05, 3.63) is 60.3 Å². The second kappa shape index (κ2) is 12.3. The Morgan fingerprint density at radius 3 is 2.41 bits per heavy atom. The van der Waals surface area contributed by atoms with Crippen LogP contribution in [0.15, 0.2) is 23.8 Å². The minimum Gasteiger partial charge on any atom is -0.462 e. The molecule has 1 aromatic carbocycles. The maximum Gasteiger partial charge on any atom is 0.348 e. The van der Waals surface area contributed by atoms with Crippen LogP contribution < -0.4 is 4.90 Å². The predicted octanol–water partition coefficient (Wildman–Crippen LogP) is 4.64. The van der Waals surface area contributed by atoms with Gasteiger partial charge in [-0.05, 0) is 56.9 Å². The van der Waals surface area contributed by atoms with E-state index in [0.717, 1.165) is 37.3 Å². The molecule has 0 amide bonds. The number of hydrogen-bond donors (Lipinski definition) is 0. The van der Waals surface area contributed by atoms with Crippen LogP contribution in [0.1, 0.15) is 62.7 Å². The van der Waals surface area contributed by atoms with E-state index >= 15 is 0 Å². The number of rotatable bonds is 10. The molecule has 2 aromatic rings. The van der Waals surface area contributed by atoms with Crippen molar-refractivity contribution in [1.29, 1.82) is 5.26 Å². The third kappa shape index (κ3) is 6.21. The van der Waals surface area contributed by atoms with Gasteiger partial charge in [0.15, 0.2) is 5.78 Å². The van der Waals surface area contributed by atoms with Crippen LogP contribution in [-0.4, -0.2) is 48.9 Å². The molecule has 1 aliphatic rings. The second-order valence-corrected chi connectivity index (χ2v) is 9.37. The number of anilines is 1. The van der Waals surface area contributed by atoms with Gasteiger partial charge in [-0.2, -0.15) is 5.26 Å². The molecule has 194 valence electrons. The molecule has 1 aliphatic heterocycles. The first-order chi connectivity index (χ1) is 17.7. The number of Topliss-reactive ketones (excluding diaryl/α,β-unsaturated/α-hetero) is 1. The third-order valence-electron chi connectivity index (χ3n) is 5.86. The van der Waals surface area contributed by atoms with Crippen molar-refractivity contribution in [2.24, 2.45) is 0 Å². The number of thiophene rings is 1. The van der Waals surface area contributed by atoms with Crippen molar-refractivity contribution in [2.75, 3.05) is 31.2 Å². The molecule has 1 saturated heterocycles. The number of hydrogen-bond acceptors (Lipinski definition) is 10. The summed E-state index contributed by atoms with van der Waals surface area (Å²) in [7, 11) is 0. The topological polar surface area (TPSA) is 140 Å². The molecule has 0 spiro atoms. The molecule has 37 heavy (non-hydrogen) atoms. The van der Waals surface area contributed by atoms with Crippen molar-refractivity contribution < 1.29 is 28.8 Å². The third-order valence-corrected chi connectivity index (χ3v) is 7.13. The summed E-state index contributed by atoms with van der Waals surface area (Å²) in [6.07, 6.45) is 2.88. The highest BCUT2D eigenvalue weighted by atomic mass is 32.1. The highest BCUT2D eigenvalue weighted by Gasteiger charge is 2.28. The summed E-state index contributed by atoms with van der Waals surface area (Å²) >= 11 is 0.946. The van der Waals surface area contributed by atoms with Crippen molar-refractivity contribution in [1.82, 2.24) is 0 Å².